The van der Waals surface area contributed by atoms with Crippen LogP contribution in [0.4, 0.5) is 0 Å². The Labute approximate surface area is 115 Å². The second kappa shape index (κ2) is 6.78. The molecule has 2 rings (SSSR count). The molecule has 0 aliphatic carbocycles. The Balaban J connectivity index is 1.86. The van der Waals surface area contributed by atoms with Crippen LogP contribution in [-0.4, -0.2) is 24.5 Å². The molecule has 1 aliphatic heterocycles. The van der Waals surface area contributed by atoms with Crippen LogP contribution in [0.15, 0.2) is 30.3 Å². The molecular weight excluding hydrogens is 232 g/mol. The fraction of sp³-hybridized carbons (Fsp3) is 0.353. The van der Waals surface area contributed by atoms with E-state index in [0.29, 0.717) is 11.5 Å². The van der Waals surface area contributed by atoms with Crippen molar-refractivity contribution in [2.45, 2.75) is 12.8 Å². The molecule has 0 spiro atoms. The van der Waals surface area contributed by atoms with E-state index in [4.69, 9.17) is 11.7 Å². The molecular formula is C17H18N2. The Bertz CT molecular complexity index is 506. The zero-order valence-corrected chi connectivity index (χ0v) is 11.0. The molecule has 1 heterocycles. The highest BCUT2D eigenvalue weighted by atomic mass is 15.1. The Hall–Kier alpha value is -2.03. The molecule has 0 amide bonds. The van der Waals surface area contributed by atoms with Crippen molar-refractivity contribution < 1.29 is 0 Å². The van der Waals surface area contributed by atoms with Gasteiger partial charge in [0.15, 0.2) is 0 Å². The van der Waals surface area contributed by atoms with Gasteiger partial charge in [-0.15, -0.1) is 6.42 Å². The van der Waals surface area contributed by atoms with E-state index < -0.39 is 0 Å². The number of nitrogens with zero attached hydrogens (tertiary/aromatic N) is 2. The van der Waals surface area contributed by atoms with Crippen LogP contribution in [-0.2, 0) is 0 Å². The lowest BCUT2D eigenvalue weighted by molar-refractivity contribution is 0.226. The minimum absolute atomic E-state index is 0.643. The second-order valence-electron chi connectivity index (χ2n) is 4.91. The summed E-state index contributed by atoms with van der Waals surface area (Å²) in [5.41, 5.74) is 1.87. The number of benzene rings is 1. The molecule has 2 heteroatoms. The van der Waals surface area contributed by atoms with E-state index in [-0.39, 0.29) is 0 Å². The van der Waals surface area contributed by atoms with E-state index >= 15 is 0 Å². The van der Waals surface area contributed by atoms with E-state index in [2.05, 4.69) is 29.0 Å². The van der Waals surface area contributed by atoms with Gasteiger partial charge in [-0.3, -0.25) is 4.90 Å². The molecule has 1 aromatic carbocycles. The van der Waals surface area contributed by atoms with Gasteiger partial charge in [-0.1, -0.05) is 30.2 Å². The van der Waals surface area contributed by atoms with E-state index in [1.165, 1.54) is 12.8 Å². The van der Waals surface area contributed by atoms with Crippen molar-refractivity contribution >= 4 is 6.08 Å². The highest BCUT2D eigenvalue weighted by Crippen LogP contribution is 2.19. The minimum Gasteiger partial charge on any atom is -0.292 e. The van der Waals surface area contributed by atoms with Gasteiger partial charge in [-0.25, -0.2) is 0 Å². The van der Waals surface area contributed by atoms with E-state index in [9.17, 15) is 0 Å². The van der Waals surface area contributed by atoms with Crippen molar-refractivity contribution in [2.24, 2.45) is 5.92 Å². The van der Waals surface area contributed by atoms with Crippen molar-refractivity contribution in [1.82, 2.24) is 4.90 Å². The van der Waals surface area contributed by atoms with E-state index in [1.807, 2.05) is 24.3 Å². The summed E-state index contributed by atoms with van der Waals surface area (Å²) in [6.45, 7) is 2.95. The topological polar surface area (TPSA) is 27.0 Å². The van der Waals surface area contributed by atoms with E-state index in [1.54, 1.807) is 0 Å². The number of likely N-dealkylation sites (tertiary alicyclic amines) is 1. The Kier molecular flexibility index (Phi) is 4.78. The first-order valence-corrected chi connectivity index (χ1v) is 6.66. The number of piperidine rings is 1. The molecule has 1 fully saturated rings. The standard InChI is InChI=1S/C17H18N2/c1-2-11-19-12-9-16(10-13-19)4-3-15-5-7-17(14-18)8-6-15/h1,3-8,16H,9-13H2/b4-3-. The summed E-state index contributed by atoms with van der Waals surface area (Å²) in [7, 11) is 0. The van der Waals surface area contributed by atoms with Crippen LogP contribution in [0.25, 0.3) is 6.08 Å². The molecule has 1 aliphatic rings. The molecule has 0 bridgehead atoms. The van der Waals surface area contributed by atoms with Gasteiger partial charge in [0.2, 0.25) is 0 Å². The first-order valence-electron chi connectivity index (χ1n) is 6.66. The summed E-state index contributed by atoms with van der Waals surface area (Å²) in [6.07, 6.45) is 12.1. The van der Waals surface area contributed by atoms with Crippen LogP contribution in [0.2, 0.25) is 0 Å². The van der Waals surface area contributed by atoms with Gasteiger partial charge < -0.3 is 0 Å². The third kappa shape index (κ3) is 3.98. The summed E-state index contributed by atoms with van der Waals surface area (Å²) in [6, 6.07) is 9.82. The first kappa shape index (κ1) is 13.4. The second-order valence-corrected chi connectivity index (χ2v) is 4.91. The highest BCUT2D eigenvalue weighted by Gasteiger charge is 2.15. The zero-order valence-electron chi connectivity index (χ0n) is 11.0. The average molecular weight is 250 g/mol. The number of hydrogen-bond donors (Lipinski definition) is 0. The normalized spacial score (nSPS) is 17.2. The third-order valence-electron chi connectivity index (χ3n) is 3.55. The molecule has 19 heavy (non-hydrogen) atoms. The summed E-state index contributed by atoms with van der Waals surface area (Å²) < 4.78 is 0. The fourth-order valence-corrected chi connectivity index (χ4v) is 2.35. The SMILES string of the molecule is C#CCN1CCC(/C=C\c2ccc(C#N)cc2)CC1. The third-order valence-corrected chi connectivity index (χ3v) is 3.55. The van der Waals surface area contributed by atoms with Gasteiger partial charge in [-0.05, 0) is 49.5 Å². The first-order chi connectivity index (χ1) is 9.31. The zero-order chi connectivity index (χ0) is 13.5. The van der Waals surface area contributed by atoms with E-state index in [0.717, 1.165) is 25.2 Å². The maximum Gasteiger partial charge on any atom is 0.0991 e. The van der Waals surface area contributed by atoms with Crippen molar-refractivity contribution in [3.8, 4) is 18.4 Å². The monoisotopic (exact) mass is 250 g/mol. The van der Waals surface area contributed by atoms with Gasteiger partial charge in [0.25, 0.3) is 0 Å². The van der Waals surface area contributed by atoms with Gasteiger partial charge in [-0.2, -0.15) is 5.26 Å². The molecule has 2 nitrogen and oxygen atoms in total. The van der Waals surface area contributed by atoms with Gasteiger partial charge in [0.05, 0.1) is 18.2 Å². The lowest BCUT2D eigenvalue weighted by Gasteiger charge is -2.28. The Morgan fingerprint density at radius 2 is 1.95 bits per heavy atom. The number of rotatable bonds is 3. The van der Waals surface area contributed by atoms with Crippen LogP contribution < -0.4 is 0 Å². The van der Waals surface area contributed by atoms with Crippen LogP contribution >= 0.6 is 0 Å². The number of allylic oxidation sites excluding steroid dienone is 1. The highest BCUT2D eigenvalue weighted by molar-refractivity contribution is 5.51. The molecule has 1 saturated heterocycles. The van der Waals surface area contributed by atoms with Crippen LogP contribution in [0, 0.1) is 29.6 Å². The number of terminal acetylenes is 1. The average Bonchev–Trinajstić information content (AvgIpc) is 2.47. The maximum atomic E-state index is 8.74. The molecule has 0 N–H and O–H groups in total. The largest absolute Gasteiger partial charge is 0.292 e. The predicted octanol–water partition coefficient (Wildman–Crippen LogP) is 2.92. The van der Waals surface area contributed by atoms with Gasteiger partial charge >= 0.3 is 0 Å². The molecule has 0 unspecified atom stereocenters. The number of hydrogen-bond acceptors (Lipinski definition) is 2. The smallest absolute Gasteiger partial charge is 0.0991 e. The summed E-state index contributed by atoms with van der Waals surface area (Å²) in [5.74, 6) is 3.35. The Morgan fingerprint density at radius 3 is 2.53 bits per heavy atom. The lowest BCUT2D eigenvalue weighted by atomic mass is 9.95. The lowest BCUT2D eigenvalue weighted by Crippen LogP contribution is -2.33. The van der Waals surface area contributed by atoms with Crippen LogP contribution in [0.5, 0.6) is 0 Å². The Morgan fingerprint density at radius 1 is 1.26 bits per heavy atom. The molecule has 0 aromatic heterocycles. The van der Waals surface area contributed by atoms with Gasteiger partial charge in [0.1, 0.15) is 0 Å². The van der Waals surface area contributed by atoms with Crippen molar-refractivity contribution in [3.63, 3.8) is 0 Å². The van der Waals surface area contributed by atoms with Crippen LogP contribution in [0.1, 0.15) is 24.0 Å². The van der Waals surface area contributed by atoms with Gasteiger partial charge in [0, 0.05) is 0 Å². The summed E-state index contributed by atoms with van der Waals surface area (Å²) >= 11 is 0. The van der Waals surface area contributed by atoms with Crippen molar-refractivity contribution in [2.75, 3.05) is 19.6 Å². The molecule has 0 saturated carbocycles. The molecule has 0 radical (unpaired) electrons. The predicted molar refractivity (Wildman–Crippen MR) is 78.2 cm³/mol. The van der Waals surface area contributed by atoms with Crippen LogP contribution in [0.3, 0.4) is 0 Å². The summed E-state index contributed by atoms with van der Waals surface area (Å²) in [5, 5.41) is 8.74. The molecule has 0 atom stereocenters. The van der Waals surface area contributed by atoms with Crippen molar-refractivity contribution in [3.05, 3.63) is 41.5 Å². The number of nitriles is 1. The fourth-order valence-electron chi connectivity index (χ4n) is 2.35. The molecule has 96 valence electrons. The molecule has 1 aromatic rings. The minimum atomic E-state index is 0.643. The summed E-state index contributed by atoms with van der Waals surface area (Å²) in [4.78, 5) is 2.33. The maximum absolute atomic E-state index is 8.74. The quantitative estimate of drug-likeness (QED) is 0.771. The van der Waals surface area contributed by atoms with Crippen molar-refractivity contribution in [1.29, 1.82) is 5.26 Å².